The Labute approximate surface area is 256 Å². The van der Waals surface area contributed by atoms with Gasteiger partial charge in [0.1, 0.15) is 11.3 Å². The number of nitrogens with zero attached hydrogens (tertiary/aromatic N) is 5. The first-order valence-electron chi connectivity index (χ1n) is 14.4. The van der Waals surface area contributed by atoms with Crippen LogP contribution in [0.25, 0.3) is 71.0 Å². The molecule has 0 unspecified atom stereocenters. The van der Waals surface area contributed by atoms with Crippen LogP contribution >= 0.6 is 11.3 Å². The van der Waals surface area contributed by atoms with Crippen LogP contribution in [0.15, 0.2) is 137 Å². The molecule has 44 heavy (non-hydrogen) atoms. The molecule has 1 aliphatic heterocycles. The molecule has 0 N–H and O–H groups in total. The minimum atomic E-state index is 0.557. The van der Waals surface area contributed by atoms with E-state index in [0.717, 1.165) is 67.3 Å². The molecular formula is C37H23N5OS. The van der Waals surface area contributed by atoms with E-state index in [1.165, 1.54) is 15.5 Å². The Morgan fingerprint density at radius 3 is 2.45 bits per heavy atom. The molecule has 0 fully saturated rings. The van der Waals surface area contributed by atoms with Gasteiger partial charge in [-0.1, -0.05) is 60.7 Å². The van der Waals surface area contributed by atoms with E-state index in [2.05, 4.69) is 94.5 Å². The van der Waals surface area contributed by atoms with Crippen molar-refractivity contribution in [3.8, 4) is 39.0 Å². The molecule has 0 atom stereocenters. The van der Waals surface area contributed by atoms with Crippen LogP contribution < -0.4 is 0 Å². The van der Waals surface area contributed by atoms with Crippen molar-refractivity contribution < 1.29 is 4.42 Å². The molecule has 6 nitrogen and oxygen atoms in total. The number of para-hydroxylation sites is 2. The molecule has 8 aromatic rings. The van der Waals surface area contributed by atoms with Gasteiger partial charge in [0.05, 0.1) is 50.1 Å². The van der Waals surface area contributed by atoms with Gasteiger partial charge in [0.2, 0.25) is 5.89 Å². The zero-order valence-electron chi connectivity index (χ0n) is 23.4. The molecule has 9 rings (SSSR count). The van der Waals surface area contributed by atoms with Gasteiger partial charge < -0.3 is 8.98 Å². The smallest absolute Gasteiger partial charge is 0.227 e. The topological polar surface area (TPSA) is 69.1 Å². The number of pyridine rings is 1. The van der Waals surface area contributed by atoms with Crippen LogP contribution in [0.1, 0.15) is 12.0 Å². The van der Waals surface area contributed by atoms with Gasteiger partial charge in [-0.15, -0.1) is 11.3 Å². The van der Waals surface area contributed by atoms with Crippen LogP contribution in [0.2, 0.25) is 0 Å². The molecule has 208 valence electrons. The zero-order valence-corrected chi connectivity index (χ0v) is 24.2. The lowest BCUT2D eigenvalue weighted by molar-refractivity contribution is 0.574. The Bertz CT molecular complexity index is 2380. The summed E-state index contributed by atoms with van der Waals surface area (Å²) in [6, 6.07) is 34.2. The predicted molar refractivity (Wildman–Crippen MR) is 178 cm³/mol. The minimum absolute atomic E-state index is 0.557. The summed E-state index contributed by atoms with van der Waals surface area (Å²) in [5, 5.41) is 3.41. The number of aromatic nitrogens is 4. The molecule has 7 heteroatoms. The third kappa shape index (κ3) is 4.01. The van der Waals surface area contributed by atoms with Crippen molar-refractivity contribution in [3.63, 3.8) is 0 Å². The largest absolute Gasteiger partial charge is 0.444 e. The maximum absolute atomic E-state index is 5.47. The second-order valence-corrected chi connectivity index (χ2v) is 11.8. The van der Waals surface area contributed by atoms with Crippen LogP contribution in [0.3, 0.4) is 0 Å². The summed E-state index contributed by atoms with van der Waals surface area (Å²) in [5.41, 5.74) is 10.3. The van der Waals surface area contributed by atoms with E-state index in [1.807, 2.05) is 30.6 Å². The second kappa shape index (κ2) is 9.97. The van der Waals surface area contributed by atoms with Crippen LogP contribution in [-0.2, 0) is 0 Å². The van der Waals surface area contributed by atoms with E-state index in [-0.39, 0.29) is 0 Å². The summed E-state index contributed by atoms with van der Waals surface area (Å²) in [6.07, 6.45) is 9.82. The van der Waals surface area contributed by atoms with E-state index in [1.54, 1.807) is 23.8 Å². The quantitative estimate of drug-likeness (QED) is 0.202. The van der Waals surface area contributed by atoms with Crippen LogP contribution in [0, 0.1) is 0 Å². The molecule has 0 aliphatic carbocycles. The molecule has 5 heterocycles. The van der Waals surface area contributed by atoms with Gasteiger partial charge in [0.25, 0.3) is 0 Å². The number of aliphatic imine (C=N–C) groups is 1. The number of rotatable bonds is 5. The average molecular weight is 586 g/mol. The lowest BCUT2D eigenvalue weighted by Gasteiger charge is -2.16. The van der Waals surface area contributed by atoms with Crippen LogP contribution in [-0.4, -0.2) is 25.2 Å². The van der Waals surface area contributed by atoms with Gasteiger partial charge in [0, 0.05) is 46.3 Å². The zero-order chi connectivity index (χ0) is 29.0. The SMILES string of the molecule is C1=CN=C(c2ccc(-c3ccc(-c4ncco4)cn3)cc2-n2c3ccccc3c3ccc(-c4nc5ccccc5s4)cc32)C1. The first-order chi connectivity index (χ1) is 21.8. The maximum Gasteiger partial charge on any atom is 0.227 e. The van der Waals surface area contributed by atoms with Gasteiger partial charge in [0.15, 0.2) is 0 Å². The summed E-state index contributed by atoms with van der Waals surface area (Å²) >= 11 is 1.72. The lowest BCUT2D eigenvalue weighted by Crippen LogP contribution is -2.06. The van der Waals surface area contributed by atoms with Crippen molar-refractivity contribution >= 4 is 49.1 Å². The summed E-state index contributed by atoms with van der Waals surface area (Å²) in [4.78, 5) is 18.8. The standard InChI is InChI=1S/C37H23N5OS/c1-3-9-32-26(6-1)27-14-12-24(37-41-31-7-2-4-10-35(31)44-37)21-33(27)42(32)34-20-23(11-15-28(34)30-8-5-17-38-30)29-16-13-25(22-40-29)36-39-18-19-43-36/h1-7,9-22H,8H2. The van der Waals surface area contributed by atoms with E-state index >= 15 is 0 Å². The number of benzene rings is 4. The molecule has 0 saturated heterocycles. The highest BCUT2D eigenvalue weighted by Crippen LogP contribution is 2.39. The highest BCUT2D eigenvalue weighted by Gasteiger charge is 2.20. The van der Waals surface area contributed by atoms with Crippen molar-refractivity contribution in [2.24, 2.45) is 4.99 Å². The van der Waals surface area contributed by atoms with E-state index in [4.69, 9.17) is 19.4 Å². The Morgan fingerprint density at radius 2 is 1.61 bits per heavy atom. The number of hydrogen-bond acceptors (Lipinski definition) is 6. The highest BCUT2D eigenvalue weighted by molar-refractivity contribution is 7.21. The van der Waals surface area contributed by atoms with Crippen molar-refractivity contribution in [1.29, 1.82) is 0 Å². The Kier molecular flexibility index (Phi) is 5.64. The number of allylic oxidation sites excluding steroid dienone is 1. The highest BCUT2D eigenvalue weighted by atomic mass is 32.1. The molecular weight excluding hydrogens is 563 g/mol. The van der Waals surface area contributed by atoms with Crippen LogP contribution in [0.4, 0.5) is 0 Å². The van der Waals surface area contributed by atoms with Crippen molar-refractivity contribution in [2.75, 3.05) is 0 Å². The van der Waals surface area contributed by atoms with Gasteiger partial charge in [-0.05, 0) is 42.5 Å². The van der Waals surface area contributed by atoms with E-state index in [0.29, 0.717) is 5.89 Å². The molecule has 4 aromatic heterocycles. The third-order valence-electron chi connectivity index (χ3n) is 8.15. The normalized spacial score (nSPS) is 13.0. The fourth-order valence-corrected chi connectivity index (χ4v) is 7.04. The Hall–Kier alpha value is -5.66. The lowest BCUT2D eigenvalue weighted by atomic mass is 10.0. The monoisotopic (exact) mass is 585 g/mol. The predicted octanol–water partition coefficient (Wildman–Crippen LogP) is 9.48. The van der Waals surface area contributed by atoms with Gasteiger partial charge in [-0.25, -0.2) is 9.97 Å². The molecule has 1 aliphatic rings. The summed E-state index contributed by atoms with van der Waals surface area (Å²) in [7, 11) is 0. The van der Waals surface area contributed by atoms with Gasteiger partial charge >= 0.3 is 0 Å². The molecule has 0 radical (unpaired) electrons. The number of hydrogen-bond donors (Lipinski definition) is 0. The van der Waals surface area contributed by atoms with Crippen molar-refractivity contribution in [3.05, 3.63) is 134 Å². The second-order valence-electron chi connectivity index (χ2n) is 10.7. The van der Waals surface area contributed by atoms with E-state index < -0.39 is 0 Å². The maximum atomic E-state index is 5.47. The van der Waals surface area contributed by atoms with Crippen LogP contribution in [0.5, 0.6) is 0 Å². The van der Waals surface area contributed by atoms with E-state index in [9.17, 15) is 0 Å². The Morgan fingerprint density at radius 1 is 0.750 bits per heavy atom. The fraction of sp³-hybridized carbons (Fsp3) is 0.0270. The Balaban J connectivity index is 1.27. The summed E-state index contributed by atoms with van der Waals surface area (Å²) < 4.78 is 9.03. The third-order valence-corrected chi connectivity index (χ3v) is 9.24. The molecule has 4 aromatic carbocycles. The fourth-order valence-electron chi connectivity index (χ4n) is 6.08. The number of thiazole rings is 1. The first kappa shape index (κ1) is 24.9. The molecule has 0 saturated carbocycles. The molecule has 0 spiro atoms. The molecule has 0 amide bonds. The number of fused-ring (bicyclic) bond motifs is 4. The number of oxazole rings is 1. The van der Waals surface area contributed by atoms with Gasteiger partial charge in [-0.2, -0.15) is 0 Å². The van der Waals surface area contributed by atoms with Gasteiger partial charge in [-0.3, -0.25) is 9.98 Å². The van der Waals surface area contributed by atoms with Crippen molar-refractivity contribution in [1.82, 2.24) is 19.5 Å². The summed E-state index contributed by atoms with van der Waals surface area (Å²) in [5.74, 6) is 0.557. The first-order valence-corrected chi connectivity index (χ1v) is 15.2. The average Bonchev–Trinajstić information content (AvgIpc) is 3.90. The summed E-state index contributed by atoms with van der Waals surface area (Å²) in [6.45, 7) is 0. The van der Waals surface area contributed by atoms with Crippen molar-refractivity contribution in [2.45, 2.75) is 6.42 Å². The molecule has 0 bridgehead atoms. The minimum Gasteiger partial charge on any atom is -0.444 e.